The molecule has 0 amide bonds. The number of nitrogens with zero attached hydrogens (tertiary/aromatic N) is 2. The quantitative estimate of drug-likeness (QED) is 0.588. The van der Waals surface area contributed by atoms with Gasteiger partial charge in [0.25, 0.3) is 0 Å². The van der Waals surface area contributed by atoms with Gasteiger partial charge in [0.05, 0.1) is 18.1 Å². The molecule has 9 heteroatoms. The lowest BCUT2D eigenvalue weighted by Crippen LogP contribution is -2.31. The van der Waals surface area contributed by atoms with E-state index in [1.807, 2.05) is 0 Å². The highest BCUT2D eigenvalue weighted by atomic mass is 32.1. The Kier molecular flexibility index (Phi) is 4.68. The van der Waals surface area contributed by atoms with E-state index in [9.17, 15) is 13.2 Å². The largest absolute Gasteiger partial charge is 0.467 e. The zero-order valence-electron chi connectivity index (χ0n) is 14.3. The van der Waals surface area contributed by atoms with Gasteiger partial charge in [-0.1, -0.05) is 6.07 Å². The van der Waals surface area contributed by atoms with Crippen LogP contribution >= 0.6 is 12.2 Å². The number of hydrogen-bond acceptors (Lipinski definition) is 4. The summed E-state index contributed by atoms with van der Waals surface area (Å²) in [6.45, 7) is 0. The van der Waals surface area contributed by atoms with Gasteiger partial charge in [-0.15, -0.1) is 0 Å². The molecule has 2 aromatic heterocycles. The molecule has 1 aromatic carbocycles. The highest BCUT2D eigenvalue weighted by Gasteiger charge is 2.35. The van der Waals surface area contributed by atoms with Crippen molar-refractivity contribution in [1.82, 2.24) is 5.01 Å². The highest BCUT2D eigenvalue weighted by molar-refractivity contribution is 7.80. The van der Waals surface area contributed by atoms with Crippen molar-refractivity contribution in [3.05, 3.63) is 78.1 Å². The van der Waals surface area contributed by atoms with E-state index in [0.29, 0.717) is 23.7 Å². The molecule has 0 saturated carbocycles. The van der Waals surface area contributed by atoms with Crippen LogP contribution in [0.4, 0.5) is 18.9 Å². The molecule has 1 atom stereocenters. The third-order valence-corrected chi connectivity index (χ3v) is 4.53. The number of hydrogen-bond donors (Lipinski definition) is 1. The fourth-order valence-electron chi connectivity index (χ4n) is 2.95. The summed E-state index contributed by atoms with van der Waals surface area (Å²) in [5.74, 6) is 1.24. The van der Waals surface area contributed by atoms with Crippen LogP contribution in [-0.4, -0.2) is 15.8 Å². The van der Waals surface area contributed by atoms with Crippen LogP contribution in [0.5, 0.6) is 0 Å². The van der Waals surface area contributed by atoms with Gasteiger partial charge in [0.1, 0.15) is 23.3 Å². The van der Waals surface area contributed by atoms with Crippen LogP contribution in [0.2, 0.25) is 0 Å². The van der Waals surface area contributed by atoms with E-state index in [1.54, 1.807) is 36.8 Å². The van der Waals surface area contributed by atoms with E-state index in [1.165, 1.54) is 17.1 Å². The summed E-state index contributed by atoms with van der Waals surface area (Å²) in [5, 5.41) is 9.01. The molecule has 144 valence electrons. The second kappa shape index (κ2) is 7.16. The Morgan fingerprint density at radius 2 is 1.89 bits per heavy atom. The summed E-state index contributed by atoms with van der Waals surface area (Å²) in [6.07, 6.45) is -0.872. The van der Waals surface area contributed by atoms with Gasteiger partial charge in [0.15, 0.2) is 5.11 Å². The number of thiocarbonyl (C=S) groups is 1. The van der Waals surface area contributed by atoms with Crippen molar-refractivity contribution >= 4 is 28.7 Å². The van der Waals surface area contributed by atoms with Crippen molar-refractivity contribution in [1.29, 1.82) is 0 Å². The summed E-state index contributed by atoms with van der Waals surface area (Å²) < 4.78 is 49.7. The lowest BCUT2D eigenvalue weighted by Gasteiger charge is -2.23. The van der Waals surface area contributed by atoms with Crippen LogP contribution < -0.4 is 5.32 Å². The molecule has 5 nitrogen and oxygen atoms in total. The Bertz CT molecular complexity index is 998. The van der Waals surface area contributed by atoms with Gasteiger partial charge in [-0.3, -0.25) is 0 Å². The summed E-state index contributed by atoms with van der Waals surface area (Å²) >= 11 is 5.42. The Morgan fingerprint density at radius 1 is 1.11 bits per heavy atom. The molecule has 28 heavy (non-hydrogen) atoms. The Hall–Kier alpha value is -3.07. The number of rotatable bonds is 3. The number of alkyl halides is 3. The number of hydrazone groups is 1. The zero-order valence-corrected chi connectivity index (χ0v) is 15.1. The first-order valence-corrected chi connectivity index (χ1v) is 8.75. The van der Waals surface area contributed by atoms with Crippen LogP contribution in [0.1, 0.15) is 29.5 Å². The van der Waals surface area contributed by atoms with Crippen LogP contribution in [0.3, 0.4) is 0 Å². The summed E-state index contributed by atoms with van der Waals surface area (Å²) in [4.78, 5) is 0. The molecule has 4 rings (SSSR count). The number of benzene rings is 1. The third kappa shape index (κ3) is 3.65. The first-order valence-electron chi connectivity index (χ1n) is 8.34. The van der Waals surface area contributed by atoms with E-state index in [0.717, 1.165) is 12.1 Å². The number of nitrogens with one attached hydrogen (secondary N) is 1. The second-order valence-electron chi connectivity index (χ2n) is 6.11. The summed E-state index contributed by atoms with van der Waals surface area (Å²) in [7, 11) is 0. The standard InChI is InChI=1S/C19H14F3N3O2S/c20-19(21,22)12-4-1-5-13(10-12)23-18(28)25-15(17-7-3-9-27-17)11-14(24-25)16-6-2-8-26-16/h1-10,15H,11H2,(H,23,28)/t15-/m0/s1. The van der Waals surface area contributed by atoms with E-state index >= 15 is 0 Å². The van der Waals surface area contributed by atoms with Crippen LogP contribution in [0.15, 0.2) is 75.0 Å². The zero-order chi connectivity index (χ0) is 19.7. The van der Waals surface area contributed by atoms with Crippen molar-refractivity contribution in [2.24, 2.45) is 5.10 Å². The molecule has 3 aromatic rings. The molecule has 0 aliphatic carbocycles. The third-order valence-electron chi connectivity index (χ3n) is 4.24. The molecule has 0 radical (unpaired) electrons. The predicted molar refractivity (Wildman–Crippen MR) is 101 cm³/mol. The maximum Gasteiger partial charge on any atom is 0.416 e. The van der Waals surface area contributed by atoms with Crippen molar-refractivity contribution in [2.75, 3.05) is 5.32 Å². The van der Waals surface area contributed by atoms with Gasteiger partial charge in [-0.05, 0) is 54.7 Å². The number of halogens is 3. The van der Waals surface area contributed by atoms with Crippen LogP contribution in [-0.2, 0) is 6.18 Å². The van der Waals surface area contributed by atoms with E-state index < -0.39 is 11.7 Å². The minimum Gasteiger partial charge on any atom is -0.467 e. The maximum atomic E-state index is 12.9. The number of anilines is 1. The lowest BCUT2D eigenvalue weighted by atomic mass is 10.1. The maximum absolute atomic E-state index is 12.9. The SMILES string of the molecule is FC(F)(F)c1cccc(NC(=S)N2N=C(c3ccco3)C[C@H]2c2ccco2)c1. The van der Waals surface area contributed by atoms with Crippen molar-refractivity contribution in [2.45, 2.75) is 18.6 Å². The minimum atomic E-state index is -4.44. The molecule has 0 unspecified atom stereocenters. The first-order chi connectivity index (χ1) is 13.4. The summed E-state index contributed by atoms with van der Waals surface area (Å²) in [6, 6.07) is 11.6. The molecule has 0 fully saturated rings. The van der Waals surface area contributed by atoms with Gasteiger partial charge in [-0.2, -0.15) is 18.3 Å². The van der Waals surface area contributed by atoms with E-state index in [-0.39, 0.29) is 16.8 Å². The molecule has 1 aliphatic heterocycles. The molecule has 0 spiro atoms. The summed E-state index contributed by atoms with van der Waals surface area (Å²) in [5.41, 5.74) is 0.128. The van der Waals surface area contributed by atoms with Gasteiger partial charge >= 0.3 is 6.18 Å². The molecule has 3 heterocycles. The lowest BCUT2D eigenvalue weighted by molar-refractivity contribution is -0.137. The fraction of sp³-hybridized carbons (Fsp3) is 0.158. The van der Waals surface area contributed by atoms with Gasteiger partial charge < -0.3 is 14.2 Å². The Morgan fingerprint density at radius 3 is 2.57 bits per heavy atom. The molecule has 1 aliphatic rings. The number of furan rings is 2. The van der Waals surface area contributed by atoms with E-state index in [2.05, 4.69) is 10.4 Å². The van der Waals surface area contributed by atoms with Crippen molar-refractivity contribution in [3.8, 4) is 0 Å². The van der Waals surface area contributed by atoms with Gasteiger partial charge in [-0.25, -0.2) is 5.01 Å². The Labute approximate surface area is 163 Å². The average molecular weight is 405 g/mol. The molecule has 0 bridgehead atoms. The van der Waals surface area contributed by atoms with Crippen LogP contribution in [0.25, 0.3) is 0 Å². The average Bonchev–Trinajstić information content (AvgIpc) is 3.40. The monoisotopic (exact) mass is 405 g/mol. The second-order valence-corrected chi connectivity index (χ2v) is 6.50. The molecular weight excluding hydrogens is 391 g/mol. The Balaban J connectivity index is 1.60. The normalized spacial score (nSPS) is 16.9. The topological polar surface area (TPSA) is 53.9 Å². The predicted octanol–water partition coefficient (Wildman–Crippen LogP) is 5.44. The smallest absolute Gasteiger partial charge is 0.416 e. The van der Waals surface area contributed by atoms with E-state index in [4.69, 9.17) is 21.1 Å². The molecular formula is C19H14F3N3O2S. The van der Waals surface area contributed by atoms with Crippen molar-refractivity contribution in [3.63, 3.8) is 0 Å². The molecule has 0 saturated heterocycles. The van der Waals surface area contributed by atoms with Crippen molar-refractivity contribution < 1.29 is 22.0 Å². The first kappa shape index (κ1) is 18.3. The van der Waals surface area contributed by atoms with Gasteiger partial charge in [0, 0.05) is 12.1 Å². The fourth-order valence-corrected chi connectivity index (χ4v) is 3.23. The van der Waals surface area contributed by atoms with Crippen LogP contribution in [0, 0.1) is 0 Å². The highest BCUT2D eigenvalue weighted by Crippen LogP contribution is 2.34. The van der Waals surface area contributed by atoms with Gasteiger partial charge in [0.2, 0.25) is 0 Å². The minimum absolute atomic E-state index is 0.155. The molecule has 1 N–H and O–H groups in total.